The summed E-state index contributed by atoms with van der Waals surface area (Å²) in [5.41, 5.74) is 12.9. The maximum atomic E-state index is 11.0. The number of phenolic OH excluding ortho intramolecular Hbond substituents is 2. The number of benzene rings is 2. The first kappa shape index (κ1) is 30.9. The molecule has 0 saturated carbocycles. The number of allylic oxidation sites excluding steroid dienone is 8. The maximum Gasteiger partial charge on any atom is 0.123 e. The molecule has 2 aromatic rings. The van der Waals surface area contributed by atoms with Crippen LogP contribution in [-0.2, 0) is 10.8 Å². The van der Waals surface area contributed by atoms with Gasteiger partial charge in [0.1, 0.15) is 11.5 Å². The molecule has 2 nitrogen and oxygen atoms in total. The second-order valence-corrected chi connectivity index (χ2v) is 14.1. The molecule has 2 aliphatic carbocycles. The smallest absolute Gasteiger partial charge is 0.123 e. The first-order valence-corrected chi connectivity index (χ1v) is 15.9. The van der Waals surface area contributed by atoms with E-state index < -0.39 is 0 Å². The molecule has 41 heavy (non-hydrogen) atoms. The van der Waals surface area contributed by atoms with Gasteiger partial charge in [-0.1, -0.05) is 92.5 Å². The van der Waals surface area contributed by atoms with Gasteiger partial charge in [-0.3, -0.25) is 0 Å². The Labute approximate surface area is 249 Å². The fraction of sp³-hybridized carbons (Fsp3) is 0.487. The number of phenols is 2. The quantitative estimate of drug-likeness (QED) is 0.308. The van der Waals surface area contributed by atoms with Crippen LogP contribution in [0.5, 0.6) is 11.5 Å². The summed E-state index contributed by atoms with van der Waals surface area (Å²) in [6.07, 6.45) is 14.2. The topological polar surface area (TPSA) is 40.5 Å². The third kappa shape index (κ3) is 6.91. The molecule has 2 N–H and O–H groups in total. The average molecular weight is 553 g/mol. The molecule has 0 fully saturated rings. The van der Waals surface area contributed by atoms with Crippen molar-refractivity contribution in [2.75, 3.05) is 0 Å². The summed E-state index contributed by atoms with van der Waals surface area (Å²) in [6, 6.07) is 12.3. The van der Waals surface area contributed by atoms with Crippen LogP contribution < -0.4 is 0 Å². The Hall–Kier alpha value is -3.00. The Balaban J connectivity index is 1.73. The third-order valence-corrected chi connectivity index (χ3v) is 8.93. The van der Waals surface area contributed by atoms with Crippen LogP contribution in [0.25, 0.3) is 11.1 Å². The number of hydrogen-bond acceptors (Lipinski definition) is 2. The third-order valence-electron chi connectivity index (χ3n) is 8.93. The van der Waals surface area contributed by atoms with E-state index in [4.69, 9.17) is 0 Å². The monoisotopic (exact) mass is 552 g/mol. The van der Waals surface area contributed by atoms with Crippen molar-refractivity contribution in [2.45, 2.75) is 124 Å². The highest BCUT2D eigenvalue weighted by molar-refractivity contribution is 5.83. The van der Waals surface area contributed by atoms with Crippen molar-refractivity contribution in [1.29, 1.82) is 0 Å². The highest BCUT2D eigenvalue weighted by atomic mass is 16.3. The first-order chi connectivity index (χ1) is 19.3. The molecule has 0 radical (unpaired) electrons. The molecular weight excluding hydrogens is 500 g/mol. The molecule has 2 heteroatoms. The highest BCUT2D eigenvalue weighted by Gasteiger charge is 2.27. The standard InChI is InChI=1S/C39H52O2/c1-9-11-13-30-26(15-19-32(30)34-24-28(38(3,4)5)17-21-36(34)40)23-27-16-20-33(31(27)14-12-10-2)35-25-29(39(6,7)8)18-22-37(35)41/h15-18,21-22,24-25,40-41H,9-14,19-20,23H2,1-8H3. The summed E-state index contributed by atoms with van der Waals surface area (Å²) in [5.74, 6) is 0.772. The SMILES string of the molecule is CCCCC1=C(c2cc(C(C)(C)C)ccc2O)CC=C1CC1=CCC(c2cc(C(C)(C)C)ccc2O)=C1CCCC. The lowest BCUT2D eigenvalue weighted by Gasteiger charge is -2.22. The zero-order chi connectivity index (χ0) is 29.9. The van der Waals surface area contributed by atoms with Crippen LogP contribution in [0.2, 0.25) is 0 Å². The van der Waals surface area contributed by atoms with Gasteiger partial charge in [-0.2, -0.15) is 0 Å². The molecular formula is C39H52O2. The van der Waals surface area contributed by atoms with Crippen LogP contribution in [0.15, 0.2) is 70.8 Å². The predicted octanol–water partition coefficient (Wildman–Crippen LogP) is 11.3. The summed E-state index contributed by atoms with van der Waals surface area (Å²) >= 11 is 0. The Morgan fingerprint density at radius 2 is 1.00 bits per heavy atom. The van der Waals surface area contributed by atoms with Crippen molar-refractivity contribution < 1.29 is 10.2 Å². The van der Waals surface area contributed by atoms with Crippen molar-refractivity contribution in [3.8, 4) is 11.5 Å². The van der Waals surface area contributed by atoms with E-state index in [0.717, 1.165) is 68.9 Å². The van der Waals surface area contributed by atoms with E-state index in [9.17, 15) is 10.2 Å². The van der Waals surface area contributed by atoms with Crippen LogP contribution in [-0.4, -0.2) is 10.2 Å². The van der Waals surface area contributed by atoms with Crippen molar-refractivity contribution in [2.24, 2.45) is 0 Å². The van der Waals surface area contributed by atoms with E-state index in [1.807, 2.05) is 12.1 Å². The second kappa shape index (κ2) is 12.5. The lowest BCUT2D eigenvalue weighted by molar-refractivity contribution is 0.471. The Kier molecular flexibility index (Phi) is 9.42. The lowest BCUT2D eigenvalue weighted by Crippen LogP contribution is -2.11. The molecule has 2 aliphatic rings. The van der Waals surface area contributed by atoms with Gasteiger partial charge in [0.05, 0.1) is 0 Å². The molecule has 0 spiro atoms. The molecule has 0 bridgehead atoms. The van der Waals surface area contributed by atoms with Gasteiger partial charge in [0.2, 0.25) is 0 Å². The largest absolute Gasteiger partial charge is 0.507 e. The molecule has 4 rings (SSSR count). The Morgan fingerprint density at radius 3 is 1.34 bits per heavy atom. The molecule has 0 aliphatic heterocycles. The average Bonchev–Trinajstić information content (AvgIpc) is 3.49. The zero-order valence-electron chi connectivity index (χ0n) is 26.9. The molecule has 220 valence electrons. The Bertz CT molecular complexity index is 1290. The molecule has 0 saturated heterocycles. The fourth-order valence-corrected chi connectivity index (χ4v) is 6.26. The minimum absolute atomic E-state index is 0.0291. The molecule has 0 amide bonds. The van der Waals surface area contributed by atoms with Gasteiger partial charge >= 0.3 is 0 Å². The molecule has 0 atom stereocenters. The van der Waals surface area contributed by atoms with Crippen molar-refractivity contribution in [3.05, 3.63) is 93.1 Å². The minimum Gasteiger partial charge on any atom is -0.507 e. The van der Waals surface area contributed by atoms with E-state index in [0.29, 0.717) is 11.5 Å². The summed E-state index contributed by atoms with van der Waals surface area (Å²) in [5, 5.41) is 22.0. The van der Waals surface area contributed by atoms with Gasteiger partial charge in [-0.25, -0.2) is 0 Å². The van der Waals surface area contributed by atoms with Crippen LogP contribution in [0.3, 0.4) is 0 Å². The molecule has 2 aromatic carbocycles. The molecule has 0 aromatic heterocycles. The van der Waals surface area contributed by atoms with E-state index in [1.54, 1.807) is 0 Å². The fourth-order valence-electron chi connectivity index (χ4n) is 6.26. The molecule has 0 heterocycles. The number of rotatable bonds is 10. The summed E-state index contributed by atoms with van der Waals surface area (Å²) in [7, 11) is 0. The minimum atomic E-state index is 0.0291. The van der Waals surface area contributed by atoms with E-state index >= 15 is 0 Å². The summed E-state index contributed by atoms with van der Waals surface area (Å²) < 4.78 is 0. The number of unbranched alkanes of at least 4 members (excludes halogenated alkanes) is 2. The van der Waals surface area contributed by atoms with Crippen molar-refractivity contribution >= 4 is 11.1 Å². The highest BCUT2D eigenvalue weighted by Crippen LogP contribution is 2.47. The van der Waals surface area contributed by atoms with Crippen LogP contribution in [0.4, 0.5) is 0 Å². The van der Waals surface area contributed by atoms with Gasteiger partial charge in [-0.15, -0.1) is 0 Å². The van der Waals surface area contributed by atoms with Gasteiger partial charge in [0.15, 0.2) is 0 Å². The second-order valence-electron chi connectivity index (χ2n) is 14.1. The zero-order valence-corrected chi connectivity index (χ0v) is 26.9. The van der Waals surface area contributed by atoms with Gasteiger partial charge in [0.25, 0.3) is 0 Å². The normalized spacial score (nSPS) is 16.1. The predicted molar refractivity (Wildman–Crippen MR) is 177 cm³/mol. The van der Waals surface area contributed by atoms with Gasteiger partial charge < -0.3 is 10.2 Å². The lowest BCUT2D eigenvalue weighted by atomic mass is 9.83. The van der Waals surface area contributed by atoms with Crippen molar-refractivity contribution in [3.63, 3.8) is 0 Å². The van der Waals surface area contributed by atoms with E-state index in [-0.39, 0.29) is 10.8 Å². The van der Waals surface area contributed by atoms with E-state index in [2.05, 4.69) is 91.8 Å². The van der Waals surface area contributed by atoms with Crippen LogP contribution in [0, 0.1) is 0 Å². The number of aromatic hydroxyl groups is 2. The van der Waals surface area contributed by atoms with E-state index in [1.165, 1.54) is 44.6 Å². The van der Waals surface area contributed by atoms with Crippen LogP contribution in [0.1, 0.15) is 135 Å². The van der Waals surface area contributed by atoms with Crippen LogP contribution >= 0.6 is 0 Å². The maximum absolute atomic E-state index is 11.0. The summed E-state index contributed by atoms with van der Waals surface area (Å²) in [6.45, 7) is 17.9. The first-order valence-electron chi connectivity index (χ1n) is 15.9. The van der Waals surface area contributed by atoms with Gasteiger partial charge in [0, 0.05) is 11.1 Å². The summed E-state index contributed by atoms with van der Waals surface area (Å²) in [4.78, 5) is 0. The van der Waals surface area contributed by atoms with Gasteiger partial charge in [-0.05, 0) is 125 Å². The van der Waals surface area contributed by atoms with Crippen molar-refractivity contribution in [1.82, 2.24) is 0 Å². The Morgan fingerprint density at radius 1 is 0.610 bits per heavy atom. The molecule has 0 unspecified atom stereocenters. The number of hydrogen-bond donors (Lipinski definition) is 2.